The molecule has 112 valence electrons. The lowest BCUT2D eigenvalue weighted by molar-refractivity contribution is 0.412. The van der Waals surface area contributed by atoms with Crippen LogP contribution in [0.5, 0.6) is 5.75 Å². The number of aryl methyl sites for hydroxylation is 2. The molecule has 0 radical (unpaired) electrons. The molecule has 2 aromatic carbocycles. The van der Waals surface area contributed by atoms with Crippen LogP contribution in [0.3, 0.4) is 0 Å². The molecule has 0 amide bonds. The van der Waals surface area contributed by atoms with Crippen LogP contribution >= 0.6 is 0 Å². The second-order valence-electron chi connectivity index (χ2n) is 5.81. The van der Waals surface area contributed by atoms with Gasteiger partial charge in [0.1, 0.15) is 5.75 Å². The lowest BCUT2D eigenvalue weighted by atomic mass is 10.0. The number of hydrogen-bond donors (Lipinski definition) is 1. The van der Waals surface area contributed by atoms with Gasteiger partial charge >= 0.3 is 0 Å². The molecular weight excluding hydrogens is 258 g/mol. The van der Waals surface area contributed by atoms with Gasteiger partial charge < -0.3 is 10.1 Å². The van der Waals surface area contributed by atoms with Gasteiger partial charge in [-0.05, 0) is 51.0 Å². The highest BCUT2D eigenvalue weighted by atomic mass is 16.5. The summed E-state index contributed by atoms with van der Waals surface area (Å²) < 4.78 is 5.30. The molecule has 2 nitrogen and oxygen atoms in total. The van der Waals surface area contributed by atoms with Gasteiger partial charge in [0, 0.05) is 12.1 Å². The average molecular weight is 283 g/mol. The van der Waals surface area contributed by atoms with Crippen molar-refractivity contribution >= 4 is 0 Å². The lowest BCUT2D eigenvalue weighted by Crippen LogP contribution is -2.22. The van der Waals surface area contributed by atoms with Gasteiger partial charge in [-0.15, -0.1) is 0 Å². The van der Waals surface area contributed by atoms with Gasteiger partial charge in [-0.3, -0.25) is 0 Å². The zero-order valence-corrected chi connectivity index (χ0v) is 13.6. The minimum absolute atomic E-state index is 0.274. The Kier molecular flexibility index (Phi) is 5.03. The van der Waals surface area contributed by atoms with Crippen molar-refractivity contribution in [2.45, 2.75) is 39.8 Å². The standard InChI is InChI=1S/C19H25NO/c1-13-9-14(2)11-18(10-13)16(4)20-15(3)17-7-6-8-19(12-17)21-5/h6-12,15-16,20H,1-5H3/t15-,16?/m0/s1. The summed E-state index contributed by atoms with van der Waals surface area (Å²) >= 11 is 0. The van der Waals surface area contributed by atoms with Gasteiger partial charge in [0.2, 0.25) is 0 Å². The topological polar surface area (TPSA) is 21.3 Å². The van der Waals surface area contributed by atoms with Crippen molar-refractivity contribution in [3.05, 3.63) is 64.7 Å². The maximum absolute atomic E-state index is 5.30. The van der Waals surface area contributed by atoms with Crippen LogP contribution < -0.4 is 10.1 Å². The zero-order valence-electron chi connectivity index (χ0n) is 13.6. The largest absolute Gasteiger partial charge is 0.497 e. The van der Waals surface area contributed by atoms with Crippen LogP contribution in [0, 0.1) is 13.8 Å². The molecule has 0 aliphatic carbocycles. The first-order chi connectivity index (χ1) is 9.99. The number of rotatable bonds is 5. The van der Waals surface area contributed by atoms with E-state index in [2.05, 4.69) is 63.3 Å². The molecule has 0 spiro atoms. The fourth-order valence-corrected chi connectivity index (χ4v) is 2.74. The molecule has 2 heteroatoms. The van der Waals surface area contributed by atoms with Crippen LogP contribution in [0.15, 0.2) is 42.5 Å². The third kappa shape index (κ3) is 4.08. The predicted molar refractivity (Wildman–Crippen MR) is 88.9 cm³/mol. The molecular formula is C19H25NO. The van der Waals surface area contributed by atoms with E-state index in [1.807, 2.05) is 12.1 Å². The first-order valence-electron chi connectivity index (χ1n) is 7.48. The highest BCUT2D eigenvalue weighted by molar-refractivity contribution is 5.32. The number of methoxy groups -OCH3 is 1. The second-order valence-corrected chi connectivity index (χ2v) is 5.81. The Labute approximate surface area is 128 Å². The van der Waals surface area contributed by atoms with Gasteiger partial charge in [0.05, 0.1) is 7.11 Å². The average Bonchev–Trinajstić information content (AvgIpc) is 2.46. The first-order valence-corrected chi connectivity index (χ1v) is 7.48. The SMILES string of the molecule is COc1cccc([C@H](C)NC(C)c2cc(C)cc(C)c2)c1. The Hall–Kier alpha value is -1.80. The van der Waals surface area contributed by atoms with E-state index in [4.69, 9.17) is 4.74 Å². The third-order valence-electron chi connectivity index (χ3n) is 3.84. The normalized spacial score (nSPS) is 13.8. The summed E-state index contributed by atoms with van der Waals surface area (Å²) in [6, 6.07) is 15.5. The van der Waals surface area contributed by atoms with Crippen LogP contribution in [0.25, 0.3) is 0 Å². The Morgan fingerprint density at radius 2 is 1.48 bits per heavy atom. The fourth-order valence-electron chi connectivity index (χ4n) is 2.74. The number of nitrogens with one attached hydrogen (secondary N) is 1. The molecule has 0 fully saturated rings. The van der Waals surface area contributed by atoms with E-state index in [0.717, 1.165) is 5.75 Å². The molecule has 1 unspecified atom stereocenters. The van der Waals surface area contributed by atoms with E-state index in [1.54, 1.807) is 7.11 Å². The molecule has 2 rings (SSSR count). The lowest BCUT2D eigenvalue weighted by Gasteiger charge is -2.22. The van der Waals surface area contributed by atoms with Crippen molar-refractivity contribution < 1.29 is 4.74 Å². The molecule has 0 saturated heterocycles. The van der Waals surface area contributed by atoms with Gasteiger partial charge in [-0.25, -0.2) is 0 Å². The third-order valence-corrected chi connectivity index (χ3v) is 3.84. The quantitative estimate of drug-likeness (QED) is 0.857. The van der Waals surface area contributed by atoms with E-state index in [-0.39, 0.29) is 6.04 Å². The molecule has 0 saturated carbocycles. The van der Waals surface area contributed by atoms with Crippen molar-refractivity contribution in [1.29, 1.82) is 0 Å². The molecule has 2 aromatic rings. The van der Waals surface area contributed by atoms with Gasteiger partial charge in [0.25, 0.3) is 0 Å². The molecule has 1 N–H and O–H groups in total. The smallest absolute Gasteiger partial charge is 0.119 e. The number of benzene rings is 2. The fraction of sp³-hybridized carbons (Fsp3) is 0.368. The van der Waals surface area contributed by atoms with Crippen molar-refractivity contribution in [2.24, 2.45) is 0 Å². The minimum Gasteiger partial charge on any atom is -0.497 e. The molecule has 0 aliphatic rings. The van der Waals surface area contributed by atoms with E-state index < -0.39 is 0 Å². The van der Waals surface area contributed by atoms with Crippen LogP contribution in [0.1, 0.15) is 48.2 Å². The zero-order chi connectivity index (χ0) is 15.4. The Balaban J connectivity index is 2.12. The second kappa shape index (κ2) is 6.77. The van der Waals surface area contributed by atoms with Crippen molar-refractivity contribution in [3.8, 4) is 5.75 Å². The first kappa shape index (κ1) is 15.6. The predicted octanol–water partition coefficient (Wildman–Crippen LogP) is 4.72. The maximum atomic E-state index is 5.30. The number of ether oxygens (including phenoxy) is 1. The van der Waals surface area contributed by atoms with Gasteiger partial charge in [-0.1, -0.05) is 41.5 Å². The summed E-state index contributed by atoms with van der Waals surface area (Å²) in [5, 5.41) is 3.66. The Bertz CT molecular complexity index is 586. The molecule has 0 heterocycles. The molecule has 2 atom stereocenters. The van der Waals surface area contributed by atoms with E-state index >= 15 is 0 Å². The molecule has 0 aromatic heterocycles. The summed E-state index contributed by atoms with van der Waals surface area (Å²) in [7, 11) is 1.70. The summed E-state index contributed by atoms with van der Waals surface area (Å²) in [5.74, 6) is 0.903. The van der Waals surface area contributed by atoms with E-state index in [9.17, 15) is 0 Å². The summed E-state index contributed by atoms with van der Waals surface area (Å²) in [5.41, 5.74) is 5.20. The summed E-state index contributed by atoms with van der Waals surface area (Å²) in [4.78, 5) is 0. The van der Waals surface area contributed by atoms with Crippen molar-refractivity contribution in [2.75, 3.05) is 7.11 Å². The molecule has 0 bridgehead atoms. The van der Waals surface area contributed by atoms with Crippen LogP contribution in [-0.2, 0) is 0 Å². The maximum Gasteiger partial charge on any atom is 0.119 e. The monoisotopic (exact) mass is 283 g/mol. The summed E-state index contributed by atoms with van der Waals surface area (Å²) in [6.07, 6.45) is 0. The molecule has 0 aliphatic heterocycles. The number of hydrogen-bond acceptors (Lipinski definition) is 2. The van der Waals surface area contributed by atoms with Crippen molar-refractivity contribution in [1.82, 2.24) is 5.32 Å². The highest BCUT2D eigenvalue weighted by Crippen LogP contribution is 2.23. The van der Waals surface area contributed by atoms with E-state index in [1.165, 1.54) is 22.3 Å². The van der Waals surface area contributed by atoms with Crippen LogP contribution in [0.4, 0.5) is 0 Å². The summed E-state index contributed by atoms with van der Waals surface area (Å²) in [6.45, 7) is 8.70. The van der Waals surface area contributed by atoms with Crippen LogP contribution in [0.2, 0.25) is 0 Å². The minimum atomic E-state index is 0.274. The Morgan fingerprint density at radius 3 is 2.10 bits per heavy atom. The van der Waals surface area contributed by atoms with Gasteiger partial charge in [0.15, 0.2) is 0 Å². The van der Waals surface area contributed by atoms with Gasteiger partial charge in [-0.2, -0.15) is 0 Å². The van der Waals surface area contributed by atoms with E-state index in [0.29, 0.717) is 6.04 Å². The highest BCUT2D eigenvalue weighted by Gasteiger charge is 2.12. The molecule has 21 heavy (non-hydrogen) atoms. The Morgan fingerprint density at radius 1 is 0.857 bits per heavy atom. The van der Waals surface area contributed by atoms with Crippen molar-refractivity contribution in [3.63, 3.8) is 0 Å². The van der Waals surface area contributed by atoms with Crippen LogP contribution in [-0.4, -0.2) is 7.11 Å².